The summed E-state index contributed by atoms with van der Waals surface area (Å²) < 4.78 is 18.8. The predicted octanol–water partition coefficient (Wildman–Crippen LogP) is 8.18. The number of hydrogen-bond donors (Lipinski definition) is 0. The third-order valence-corrected chi connectivity index (χ3v) is 14.7. The SMILES string of the molecule is COC(=O)/C(C)=C/C=C/[C@@H](C)[C@H]1C[C@@H](CCO[Si](c2ccccc2)(c2ccccc2)C(C)(C)C)C[C@H](Sc2ccccc2)O1. The van der Waals surface area contributed by atoms with Gasteiger partial charge >= 0.3 is 5.97 Å². The van der Waals surface area contributed by atoms with Gasteiger partial charge in [0.2, 0.25) is 0 Å². The van der Waals surface area contributed by atoms with E-state index < -0.39 is 8.32 Å². The Morgan fingerprint density at radius 1 is 0.955 bits per heavy atom. The summed E-state index contributed by atoms with van der Waals surface area (Å²) in [5.41, 5.74) is 0.647. The number of carbonyl (C=O) groups excluding carboxylic acids is 1. The second kappa shape index (κ2) is 15.9. The maximum atomic E-state index is 11.8. The fourth-order valence-electron chi connectivity index (χ4n) is 6.17. The monoisotopic (exact) mass is 628 g/mol. The van der Waals surface area contributed by atoms with E-state index in [1.165, 1.54) is 22.4 Å². The van der Waals surface area contributed by atoms with Crippen molar-refractivity contribution in [1.29, 1.82) is 0 Å². The summed E-state index contributed by atoms with van der Waals surface area (Å²) >= 11 is 1.81. The average Bonchev–Trinajstić information content (AvgIpc) is 3.03. The van der Waals surface area contributed by atoms with E-state index in [0.29, 0.717) is 18.1 Å². The molecule has 4 rings (SSSR count). The van der Waals surface area contributed by atoms with Gasteiger partial charge in [-0.1, -0.05) is 137 Å². The summed E-state index contributed by atoms with van der Waals surface area (Å²) in [6.07, 6.45) is 8.92. The second-order valence-electron chi connectivity index (χ2n) is 12.8. The molecule has 0 unspecified atom stereocenters. The number of esters is 1. The minimum Gasteiger partial charge on any atom is -0.466 e. The number of ether oxygens (including phenoxy) is 2. The number of allylic oxidation sites excluding steroid dienone is 2. The molecule has 0 saturated carbocycles. The first-order chi connectivity index (χ1) is 21.1. The Morgan fingerprint density at radius 3 is 2.07 bits per heavy atom. The molecule has 6 heteroatoms. The van der Waals surface area contributed by atoms with E-state index in [2.05, 4.69) is 125 Å². The quantitative estimate of drug-likeness (QED) is 0.0876. The van der Waals surface area contributed by atoms with Crippen molar-refractivity contribution in [2.24, 2.45) is 11.8 Å². The molecule has 4 atom stereocenters. The molecule has 44 heavy (non-hydrogen) atoms. The summed E-state index contributed by atoms with van der Waals surface area (Å²) in [5, 5.41) is 2.58. The number of thioether (sulfide) groups is 1. The van der Waals surface area contributed by atoms with E-state index in [-0.39, 0.29) is 28.5 Å². The van der Waals surface area contributed by atoms with Crippen LogP contribution in [0.5, 0.6) is 0 Å². The van der Waals surface area contributed by atoms with Crippen LogP contribution < -0.4 is 10.4 Å². The summed E-state index contributed by atoms with van der Waals surface area (Å²) in [4.78, 5) is 13.0. The van der Waals surface area contributed by atoms with Crippen LogP contribution >= 0.6 is 11.8 Å². The number of carbonyl (C=O) groups is 1. The summed E-state index contributed by atoms with van der Waals surface area (Å²) in [6.45, 7) is 11.7. The normalized spacial score (nSPS) is 20.4. The Morgan fingerprint density at radius 2 is 1.52 bits per heavy atom. The predicted molar refractivity (Wildman–Crippen MR) is 186 cm³/mol. The van der Waals surface area contributed by atoms with Gasteiger partial charge in [0.15, 0.2) is 0 Å². The lowest BCUT2D eigenvalue weighted by Gasteiger charge is -2.43. The van der Waals surface area contributed by atoms with Crippen LogP contribution in [0, 0.1) is 11.8 Å². The molecule has 1 heterocycles. The lowest BCUT2D eigenvalue weighted by molar-refractivity contribution is -0.136. The van der Waals surface area contributed by atoms with Gasteiger partial charge < -0.3 is 13.9 Å². The molecule has 1 aliphatic heterocycles. The van der Waals surface area contributed by atoms with Crippen LogP contribution in [-0.2, 0) is 18.7 Å². The molecule has 0 aromatic heterocycles. The number of rotatable bonds is 12. The van der Waals surface area contributed by atoms with Crippen molar-refractivity contribution in [3.63, 3.8) is 0 Å². The average molecular weight is 629 g/mol. The molecule has 0 spiro atoms. The summed E-state index contributed by atoms with van der Waals surface area (Å²) in [6, 6.07) is 32.3. The molecule has 0 N–H and O–H groups in total. The van der Waals surface area contributed by atoms with Crippen molar-refractivity contribution in [2.75, 3.05) is 13.7 Å². The van der Waals surface area contributed by atoms with E-state index in [0.717, 1.165) is 19.3 Å². The van der Waals surface area contributed by atoms with Gasteiger partial charge in [0, 0.05) is 23.0 Å². The van der Waals surface area contributed by atoms with Crippen LogP contribution in [0.25, 0.3) is 0 Å². The van der Waals surface area contributed by atoms with Crippen molar-refractivity contribution >= 4 is 36.4 Å². The summed E-state index contributed by atoms with van der Waals surface area (Å²) in [5.74, 6) is 0.351. The molecule has 1 saturated heterocycles. The molecule has 1 aliphatic rings. The molecule has 0 amide bonds. The number of benzene rings is 3. The van der Waals surface area contributed by atoms with Gasteiger partial charge in [-0.2, -0.15) is 0 Å². The smallest absolute Gasteiger partial charge is 0.333 e. The highest BCUT2D eigenvalue weighted by molar-refractivity contribution is 7.99. The molecule has 0 bridgehead atoms. The van der Waals surface area contributed by atoms with Crippen LogP contribution in [0.1, 0.15) is 53.9 Å². The Balaban J connectivity index is 1.54. The van der Waals surface area contributed by atoms with Gasteiger partial charge in [-0.15, -0.1) is 0 Å². The van der Waals surface area contributed by atoms with Crippen LogP contribution in [0.4, 0.5) is 0 Å². The largest absolute Gasteiger partial charge is 0.466 e. The van der Waals surface area contributed by atoms with Gasteiger partial charge in [-0.05, 0) is 59.6 Å². The van der Waals surface area contributed by atoms with Crippen molar-refractivity contribution < 1.29 is 18.7 Å². The fourth-order valence-corrected chi connectivity index (χ4v) is 11.9. The van der Waals surface area contributed by atoms with E-state index in [1.54, 1.807) is 6.92 Å². The van der Waals surface area contributed by atoms with Crippen LogP contribution in [0.15, 0.2) is 120 Å². The maximum absolute atomic E-state index is 11.8. The van der Waals surface area contributed by atoms with Gasteiger partial charge in [-0.25, -0.2) is 4.79 Å². The minimum absolute atomic E-state index is 0.0469. The standard InChI is InChI=1S/C38H48O4SSi/c1-29(17-16-18-30(2)37(39)40-6)35-27-31(28-36(42-35)43-32-19-10-7-11-20-32)25-26-41-44(38(3,4)5,33-21-12-8-13-22-33)34-23-14-9-15-24-34/h7-24,29,31,35-36H,25-28H2,1-6H3/b17-16+,30-18+/t29-,31-,35-,36+/m1/s1. The van der Waals surface area contributed by atoms with E-state index >= 15 is 0 Å². The molecule has 234 valence electrons. The molecule has 0 radical (unpaired) electrons. The first kappa shape index (κ1) is 34.0. The first-order valence-electron chi connectivity index (χ1n) is 15.7. The molecule has 3 aromatic rings. The number of methoxy groups -OCH3 is 1. The lowest BCUT2D eigenvalue weighted by atomic mass is 9.87. The summed E-state index contributed by atoms with van der Waals surface area (Å²) in [7, 11) is -1.18. The third kappa shape index (κ3) is 8.63. The topological polar surface area (TPSA) is 44.8 Å². The van der Waals surface area contributed by atoms with E-state index in [1.807, 2.05) is 23.9 Å². The molecule has 0 aliphatic carbocycles. The minimum atomic E-state index is -2.58. The van der Waals surface area contributed by atoms with E-state index in [9.17, 15) is 4.79 Å². The van der Waals surface area contributed by atoms with Crippen molar-refractivity contribution in [3.8, 4) is 0 Å². The highest BCUT2D eigenvalue weighted by Crippen LogP contribution is 2.40. The zero-order valence-corrected chi connectivity index (χ0v) is 28.9. The Kier molecular flexibility index (Phi) is 12.3. The van der Waals surface area contributed by atoms with Gasteiger partial charge in [0.1, 0.15) is 5.44 Å². The maximum Gasteiger partial charge on any atom is 0.333 e. The lowest BCUT2D eigenvalue weighted by Crippen LogP contribution is -2.66. The molecule has 3 aromatic carbocycles. The Hall–Kier alpha value is -2.90. The number of hydrogen-bond acceptors (Lipinski definition) is 5. The first-order valence-corrected chi connectivity index (χ1v) is 18.5. The molecule has 4 nitrogen and oxygen atoms in total. The van der Waals surface area contributed by atoms with Crippen LogP contribution in [0.2, 0.25) is 5.04 Å². The van der Waals surface area contributed by atoms with Crippen LogP contribution in [-0.4, -0.2) is 39.5 Å². The van der Waals surface area contributed by atoms with Crippen molar-refractivity contribution in [1.82, 2.24) is 0 Å². The fraction of sp³-hybridized carbons (Fsp3) is 0.395. The van der Waals surface area contributed by atoms with Crippen molar-refractivity contribution in [3.05, 3.63) is 115 Å². The van der Waals surface area contributed by atoms with Gasteiger partial charge in [-0.3, -0.25) is 0 Å². The molecular formula is C38H48O4SSi. The van der Waals surface area contributed by atoms with Gasteiger partial charge in [0.05, 0.1) is 13.2 Å². The molecule has 1 fully saturated rings. The third-order valence-electron chi connectivity index (χ3n) is 8.54. The van der Waals surface area contributed by atoms with Crippen molar-refractivity contribution in [2.45, 2.75) is 75.4 Å². The molecular weight excluding hydrogens is 581 g/mol. The Labute approximate surface area is 270 Å². The zero-order chi connectivity index (χ0) is 31.6. The van der Waals surface area contributed by atoms with Crippen LogP contribution in [0.3, 0.4) is 0 Å². The Bertz CT molecular complexity index is 1330. The second-order valence-corrected chi connectivity index (χ2v) is 18.3. The zero-order valence-electron chi connectivity index (χ0n) is 27.1. The van der Waals surface area contributed by atoms with Gasteiger partial charge in [0.25, 0.3) is 8.32 Å². The highest BCUT2D eigenvalue weighted by atomic mass is 32.2. The highest BCUT2D eigenvalue weighted by Gasteiger charge is 2.50. The van der Waals surface area contributed by atoms with E-state index in [4.69, 9.17) is 13.9 Å².